The molecule has 3 heteroatoms. The van der Waals surface area contributed by atoms with Gasteiger partial charge in [0.2, 0.25) is 0 Å². The molecule has 0 aromatic rings. The summed E-state index contributed by atoms with van der Waals surface area (Å²) >= 11 is 0. The maximum atomic E-state index is 10.9. The van der Waals surface area contributed by atoms with Crippen LogP contribution < -0.4 is 0 Å². The summed E-state index contributed by atoms with van der Waals surface area (Å²) in [6.45, 7) is 15.3. The van der Waals surface area contributed by atoms with Gasteiger partial charge in [0, 0.05) is 6.92 Å². The van der Waals surface area contributed by atoms with E-state index in [1.54, 1.807) is 0 Å². The van der Waals surface area contributed by atoms with Crippen molar-refractivity contribution in [3.8, 4) is 0 Å². The summed E-state index contributed by atoms with van der Waals surface area (Å²) in [4.78, 5) is 10.9. The molecule has 0 saturated heterocycles. The Morgan fingerprint density at radius 1 is 1.05 bits per heavy atom. The molecule has 0 heterocycles. The summed E-state index contributed by atoms with van der Waals surface area (Å²) in [6.07, 6.45) is 2.72. The van der Waals surface area contributed by atoms with Gasteiger partial charge in [0.15, 0.2) is 0 Å². The Kier molecular flexibility index (Phi) is 5.88. The van der Waals surface area contributed by atoms with Crippen LogP contribution in [0.1, 0.15) is 67.7 Å². The van der Waals surface area contributed by atoms with Crippen LogP contribution >= 0.6 is 0 Å². The lowest BCUT2D eigenvalue weighted by molar-refractivity contribution is -0.142. The van der Waals surface area contributed by atoms with Gasteiger partial charge in [0.1, 0.15) is 0 Å². The van der Waals surface area contributed by atoms with Gasteiger partial charge in [-0.25, -0.2) is 0 Å². The molecule has 0 amide bonds. The molecule has 124 valence electrons. The lowest BCUT2D eigenvalue weighted by atomic mass is 9.58. The predicted molar refractivity (Wildman–Crippen MR) is 85.9 cm³/mol. The first kappa shape index (κ1) is 18.5. The van der Waals surface area contributed by atoms with Crippen molar-refractivity contribution in [2.45, 2.75) is 73.8 Å². The fourth-order valence-corrected chi connectivity index (χ4v) is 3.71. The van der Waals surface area contributed by atoms with Crippen LogP contribution in [0.4, 0.5) is 0 Å². The number of carbonyl (C=O) groups excluding carboxylic acids is 1. The van der Waals surface area contributed by atoms with Gasteiger partial charge in [-0.05, 0) is 47.8 Å². The minimum Gasteiger partial charge on any atom is -0.466 e. The average Bonchev–Trinajstić information content (AvgIpc) is 2.27. The highest BCUT2D eigenvalue weighted by molar-refractivity contribution is 5.65. The SMILES string of the molecule is CC(=O)OCCC1CC(C(C)(C)C)C(O)C(C(C)(C)C)C1. The molecule has 1 fully saturated rings. The van der Waals surface area contributed by atoms with Crippen LogP contribution in [0, 0.1) is 28.6 Å². The second-order valence-corrected chi connectivity index (χ2v) is 8.90. The van der Waals surface area contributed by atoms with E-state index in [0.717, 1.165) is 19.3 Å². The Morgan fingerprint density at radius 3 is 1.81 bits per heavy atom. The first-order valence-electron chi connectivity index (χ1n) is 8.24. The Bertz CT molecular complexity index is 324. The zero-order valence-electron chi connectivity index (χ0n) is 14.9. The molecule has 0 aromatic heterocycles. The van der Waals surface area contributed by atoms with E-state index in [9.17, 15) is 9.90 Å². The molecule has 2 atom stereocenters. The minimum atomic E-state index is -0.241. The van der Waals surface area contributed by atoms with Crippen molar-refractivity contribution in [1.29, 1.82) is 0 Å². The van der Waals surface area contributed by atoms with Crippen LogP contribution in [0.5, 0.6) is 0 Å². The third-order valence-electron chi connectivity index (χ3n) is 5.06. The van der Waals surface area contributed by atoms with Gasteiger partial charge >= 0.3 is 5.97 Å². The third kappa shape index (κ3) is 5.28. The molecule has 1 aliphatic carbocycles. The topological polar surface area (TPSA) is 46.5 Å². The predicted octanol–water partition coefficient (Wildman–Crippen LogP) is 4.04. The zero-order valence-corrected chi connectivity index (χ0v) is 14.9. The average molecular weight is 298 g/mol. The summed E-state index contributed by atoms with van der Waals surface area (Å²) in [5, 5.41) is 10.8. The van der Waals surface area contributed by atoms with Crippen LogP contribution in [0.3, 0.4) is 0 Å². The third-order valence-corrected chi connectivity index (χ3v) is 5.06. The molecular weight excluding hydrogens is 264 g/mol. The van der Waals surface area contributed by atoms with Gasteiger partial charge in [-0.1, -0.05) is 41.5 Å². The van der Waals surface area contributed by atoms with E-state index in [2.05, 4.69) is 41.5 Å². The molecule has 0 aliphatic heterocycles. The van der Waals surface area contributed by atoms with E-state index < -0.39 is 0 Å². The highest BCUT2D eigenvalue weighted by Gasteiger charge is 2.45. The van der Waals surface area contributed by atoms with Crippen molar-refractivity contribution in [3.63, 3.8) is 0 Å². The van der Waals surface area contributed by atoms with Crippen molar-refractivity contribution in [3.05, 3.63) is 0 Å². The summed E-state index contributed by atoms with van der Waals surface area (Å²) in [5.41, 5.74) is 0.200. The van der Waals surface area contributed by atoms with E-state index in [-0.39, 0.29) is 22.9 Å². The zero-order chi connectivity index (χ0) is 16.4. The normalized spacial score (nSPS) is 31.0. The summed E-state index contributed by atoms with van der Waals surface area (Å²) in [5.74, 6) is 0.933. The highest BCUT2D eigenvalue weighted by atomic mass is 16.5. The number of aliphatic hydroxyl groups excluding tert-OH is 1. The quantitative estimate of drug-likeness (QED) is 0.800. The van der Waals surface area contributed by atoms with Crippen molar-refractivity contribution >= 4 is 5.97 Å². The summed E-state index contributed by atoms with van der Waals surface area (Å²) < 4.78 is 5.11. The molecule has 2 unspecified atom stereocenters. The van der Waals surface area contributed by atoms with E-state index >= 15 is 0 Å². The monoisotopic (exact) mass is 298 g/mol. The van der Waals surface area contributed by atoms with E-state index in [0.29, 0.717) is 24.4 Å². The summed E-state index contributed by atoms with van der Waals surface area (Å²) in [7, 11) is 0. The van der Waals surface area contributed by atoms with E-state index in [1.807, 2.05) is 0 Å². The molecule has 1 rings (SSSR count). The number of carbonyl (C=O) groups is 1. The molecule has 1 saturated carbocycles. The lowest BCUT2D eigenvalue weighted by Crippen LogP contribution is -2.47. The molecule has 21 heavy (non-hydrogen) atoms. The van der Waals surface area contributed by atoms with Crippen LogP contribution in [0.15, 0.2) is 0 Å². The van der Waals surface area contributed by atoms with Gasteiger partial charge < -0.3 is 9.84 Å². The Labute approximate surface area is 130 Å². The fourth-order valence-electron chi connectivity index (χ4n) is 3.71. The van der Waals surface area contributed by atoms with Crippen molar-refractivity contribution < 1.29 is 14.6 Å². The minimum absolute atomic E-state index is 0.100. The smallest absolute Gasteiger partial charge is 0.302 e. The lowest BCUT2D eigenvalue weighted by Gasteiger charge is -2.49. The fraction of sp³-hybridized carbons (Fsp3) is 0.944. The maximum Gasteiger partial charge on any atom is 0.302 e. The van der Waals surface area contributed by atoms with Gasteiger partial charge in [-0.2, -0.15) is 0 Å². The number of rotatable bonds is 3. The van der Waals surface area contributed by atoms with Gasteiger partial charge in [0.05, 0.1) is 12.7 Å². The Hall–Kier alpha value is -0.570. The number of hydrogen-bond donors (Lipinski definition) is 1. The highest BCUT2D eigenvalue weighted by Crippen LogP contribution is 2.49. The van der Waals surface area contributed by atoms with Gasteiger partial charge in [-0.15, -0.1) is 0 Å². The molecule has 0 aromatic carbocycles. The van der Waals surface area contributed by atoms with E-state index in [1.165, 1.54) is 6.92 Å². The number of ether oxygens (including phenoxy) is 1. The molecule has 1 aliphatic rings. The molecule has 0 spiro atoms. The van der Waals surface area contributed by atoms with Crippen LogP contribution in [-0.2, 0) is 9.53 Å². The van der Waals surface area contributed by atoms with Crippen LogP contribution in [0.25, 0.3) is 0 Å². The summed E-state index contributed by atoms with van der Waals surface area (Å²) in [6, 6.07) is 0. The van der Waals surface area contributed by atoms with Crippen LogP contribution in [0.2, 0.25) is 0 Å². The number of esters is 1. The van der Waals surface area contributed by atoms with E-state index in [4.69, 9.17) is 4.74 Å². The maximum absolute atomic E-state index is 10.9. The first-order valence-corrected chi connectivity index (χ1v) is 8.24. The largest absolute Gasteiger partial charge is 0.466 e. The van der Waals surface area contributed by atoms with Gasteiger partial charge in [-0.3, -0.25) is 4.79 Å². The molecule has 0 bridgehead atoms. The number of aliphatic hydroxyl groups is 1. The standard InChI is InChI=1S/C18H34O3/c1-12(19)21-9-8-13-10-14(17(2,3)4)16(20)15(11-13)18(5,6)7/h13-16,20H,8-11H2,1-7H3. The van der Waals surface area contributed by atoms with Gasteiger partial charge in [0.25, 0.3) is 0 Å². The molecule has 3 nitrogen and oxygen atoms in total. The molecule has 1 N–H and O–H groups in total. The van der Waals surface area contributed by atoms with Crippen LogP contribution in [-0.4, -0.2) is 23.8 Å². The number of hydrogen-bond acceptors (Lipinski definition) is 3. The van der Waals surface area contributed by atoms with Crippen molar-refractivity contribution in [1.82, 2.24) is 0 Å². The van der Waals surface area contributed by atoms with Crippen molar-refractivity contribution in [2.24, 2.45) is 28.6 Å². The Morgan fingerprint density at radius 2 is 1.48 bits per heavy atom. The van der Waals surface area contributed by atoms with Crippen molar-refractivity contribution in [2.75, 3.05) is 6.61 Å². The Balaban J connectivity index is 2.81. The second-order valence-electron chi connectivity index (χ2n) is 8.90. The molecule has 0 radical (unpaired) electrons. The first-order chi connectivity index (χ1) is 9.43. The second kappa shape index (κ2) is 6.68. The molecular formula is C18H34O3.